The van der Waals surface area contributed by atoms with Gasteiger partial charge in [-0.3, -0.25) is 14.3 Å². The molecule has 0 saturated heterocycles. The van der Waals surface area contributed by atoms with Crippen molar-refractivity contribution in [1.29, 1.82) is 0 Å². The van der Waals surface area contributed by atoms with Crippen LogP contribution in [0.1, 0.15) is 36.1 Å². The van der Waals surface area contributed by atoms with E-state index in [4.69, 9.17) is 4.74 Å². The summed E-state index contributed by atoms with van der Waals surface area (Å²) in [6.07, 6.45) is 0. The van der Waals surface area contributed by atoms with Crippen LogP contribution in [0.2, 0.25) is 0 Å². The van der Waals surface area contributed by atoms with Gasteiger partial charge in [0.25, 0.3) is 0 Å². The topological polar surface area (TPSA) is 60.2 Å². The zero-order valence-electron chi connectivity index (χ0n) is 17.7. The minimum atomic E-state index is -0.385. The fraction of sp³-hybridized carbons (Fsp3) is 0.318. The Morgan fingerprint density at radius 1 is 1.07 bits per heavy atom. The van der Waals surface area contributed by atoms with Crippen LogP contribution in [-0.2, 0) is 0 Å². The van der Waals surface area contributed by atoms with Gasteiger partial charge in [-0.05, 0) is 76.5 Å². The Hall–Kier alpha value is -2.71. The lowest BCUT2D eigenvalue weighted by molar-refractivity contribution is 0.0994. The quantitative estimate of drug-likeness (QED) is 0.391. The van der Waals surface area contributed by atoms with Crippen molar-refractivity contribution in [2.45, 2.75) is 30.3 Å². The molecular weight excluding hydrogens is 403 g/mol. The fourth-order valence-electron chi connectivity index (χ4n) is 2.89. The predicted octanol–water partition coefficient (Wildman–Crippen LogP) is 4.40. The summed E-state index contributed by atoms with van der Waals surface area (Å²) in [5.41, 5.74) is 1.35. The SMILES string of the molecule is COc1ccc(C(=O)[C@H](C)Sc2nnc([C@@H](C)N(C)C)n2-c2ccc(F)cc2)cc1. The van der Waals surface area contributed by atoms with E-state index in [0.717, 1.165) is 11.5 Å². The van der Waals surface area contributed by atoms with Crippen LogP contribution in [0.25, 0.3) is 5.69 Å². The lowest BCUT2D eigenvalue weighted by atomic mass is 10.1. The van der Waals surface area contributed by atoms with Gasteiger partial charge in [-0.1, -0.05) is 11.8 Å². The van der Waals surface area contributed by atoms with Crippen molar-refractivity contribution in [3.63, 3.8) is 0 Å². The summed E-state index contributed by atoms with van der Waals surface area (Å²) < 4.78 is 20.5. The Balaban J connectivity index is 1.92. The number of rotatable bonds is 8. The minimum Gasteiger partial charge on any atom is -0.497 e. The summed E-state index contributed by atoms with van der Waals surface area (Å²) in [4.78, 5) is 14.9. The number of halogens is 1. The fourth-order valence-corrected chi connectivity index (χ4v) is 3.85. The lowest BCUT2D eigenvalue weighted by Gasteiger charge is -2.21. The molecule has 30 heavy (non-hydrogen) atoms. The van der Waals surface area contributed by atoms with E-state index >= 15 is 0 Å². The average Bonchev–Trinajstić information content (AvgIpc) is 3.16. The molecule has 2 atom stereocenters. The average molecular weight is 429 g/mol. The summed E-state index contributed by atoms with van der Waals surface area (Å²) in [5.74, 6) is 1.09. The third-order valence-electron chi connectivity index (χ3n) is 4.92. The molecule has 3 rings (SSSR count). The molecule has 0 saturated carbocycles. The smallest absolute Gasteiger partial charge is 0.196 e. The zero-order chi connectivity index (χ0) is 21.8. The number of carbonyl (C=O) groups excluding carboxylic acids is 1. The Bertz CT molecular complexity index is 1000. The highest BCUT2D eigenvalue weighted by Gasteiger charge is 2.25. The highest BCUT2D eigenvalue weighted by atomic mass is 32.2. The maximum Gasteiger partial charge on any atom is 0.196 e. The number of hydrogen-bond acceptors (Lipinski definition) is 6. The summed E-state index contributed by atoms with van der Waals surface area (Å²) >= 11 is 1.33. The van der Waals surface area contributed by atoms with E-state index in [1.165, 1.54) is 23.9 Å². The van der Waals surface area contributed by atoms with Crippen LogP contribution >= 0.6 is 11.8 Å². The second-order valence-electron chi connectivity index (χ2n) is 7.15. The van der Waals surface area contributed by atoms with Crippen LogP contribution in [0, 0.1) is 5.82 Å². The van der Waals surface area contributed by atoms with Crippen LogP contribution in [0.5, 0.6) is 5.75 Å². The molecule has 0 N–H and O–H groups in total. The molecule has 0 radical (unpaired) electrons. The Morgan fingerprint density at radius 2 is 1.70 bits per heavy atom. The molecule has 0 bridgehead atoms. The monoisotopic (exact) mass is 428 g/mol. The first-order valence-corrected chi connectivity index (χ1v) is 10.4. The molecular formula is C22H25FN4O2S. The van der Waals surface area contributed by atoms with E-state index in [9.17, 15) is 9.18 Å². The molecule has 0 fully saturated rings. The van der Waals surface area contributed by atoms with Gasteiger partial charge in [0.1, 0.15) is 11.6 Å². The second-order valence-corrected chi connectivity index (χ2v) is 8.45. The van der Waals surface area contributed by atoms with Crippen molar-refractivity contribution in [1.82, 2.24) is 19.7 Å². The largest absolute Gasteiger partial charge is 0.497 e. The Morgan fingerprint density at radius 3 is 2.27 bits per heavy atom. The van der Waals surface area contributed by atoms with Crippen molar-refractivity contribution in [3.8, 4) is 11.4 Å². The molecule has 2 aromatic carbocycles. The van der Waals surface area contributed by atoms with E-state index in [1.807, 2.05) is 37.4 Å². The molecule has 0 amide bonds. The number of Topliss-reactive ketones (excluding diaryl/α,β-unsaturated/α-hetero) is 1. The number of carbonyl (C=O) groups is 1. The maximum absolute atomic E-state index is 13.5. The first-order chi connectivity index (χ1) is 14.3. The molecule has 0 aliphatic heterocycles. The summed E-state index contributed by atoms with van der Waals surface area (Å²) in [6.45, 7) is 3.86. The van der Waals surface area contributed by atoms with Gasteiger partial charge in [0, 0.05) is 11.3 Å². The molecule has 0 unspecified atom stereocenters. The van der Waals surface area contributed by atoms with E-state index in [0.29, 0.717) is 16.5 Å². The molecule has 0 aliphatic carbocycles. The van der Waals surface area contributed by atoms with Crippen LogP contribution < -0.4 is 4.74 Å². The molecule has 8 heteroatoms. The van der Waals surface area contributed by atoms with Gasteiger partial charge < -0.3 is 4.74 Å². The van der Waals surface area contributed by atoms with Gasteiger partial charge in [-0.2, -0.15) is 0 Å². The standard InChI is InChI=1S/C22H25FN4O2S/c1-14(26(3)4)21-24-25-22(27(21)18-10-8-17(23)9-11-18)30-15(2)20(28)16-6-12-19(29-5)13-7-16/h6-15H,1-5H3/t14-,15+/m1/s1. The highest BCUT2D eigenvalue weighted by molar-refractivity contribution is 8.00. The molecule has 3 aromatic rings. The van der Waals surface area contributed by atoms with Crippen LogP contribution in [0.4, 0.5) is 4.39 Å². The maximum atomic E-state index is 13.5. The third-order valence-corrected chi connectivity index (χ3v) is 5.96. The van der Waals surface area contributed by atoms with Crippen LogP contribution in [0.15, 0.2) is 53.7 Å². The van der Waals surface area contributed by atoms with E-state index < -0.39 is 0 Å². The highest BCUT2D eigenvalue weighted by Crippen LogP contribution is 2.30. The summed E-state index contributed by atoms with van der Waals surface area (Å²) in [5, 5.41) is 8.92. The van der Waals surface area contributed by atoms with Crippen molar-refractivity contribution < 1.29 is 13.9 Å². The summed E-state index contributed by atoms with van der Waals surface area (Å²) in [7, 11) is 5.50. The number of nitrogens with zero attached hydrogens (tertiary/aromatic N) is 4. The lowest BCUT2D eigenvalue weighted by Crippen LogP contribution is -2.21. The Labute approximate surface area is 180 Å². The van der Waals surface area contributed by atoms with Crippen molar-refractivity contribution in [3.05, 3.63) is 65.7 Å². The van der Waals surface area contributed by atoms with Crippen molar-refractivity contribution in [2.75, 3.05) is 21.2 Å². The number of benzene rings is 2. The first-order valence-electron chi connectivity index (χ1n) is 9.54. The molecule has 158 valence electrons. The summed E-state index contributed by atoms with van der Waals surface area (Å²) in [6, 6.07) is 13.2. The van der Waals surface area contributed by atoms with Gasteiger partial charge >= 0.3 is 0 Å². The molecule has 0 aliphatic rings. The number of ketones is 1. The second kappa shape index (κ2) is 9.40. The van der Waals surface area contributed by atoms with Gasteiger partial charge in [-0.25, -0.2) is 4.39 Å². The van der Waals surface area contributed by atoms with Gasteiger partial charge in [0.05, 0.1) is 18.4 Å². The molecule has 0 spiro atoms. The number of methoxy groups -OCH3 is 1. The van der Waals surface area contributed by atoms with Gasteiger partial charge in [0.15, 0.2) is 16.8 Å². The zero-order valence-corrected chi connectivity index (χ0v) is 18.5. The predicted molar refractivity (Wildman–Crippen MR) is 116 cm³/mol. The Kier molecular flexibility index (Phi) is 6.89. The number of aromatic nitrogens is 3. The number of ether oxygens (including phenoxy) is 1. The molecule has 6 nitrogen and oxygen atoms in total. The van der Waals surface area contributed by atoms with Crippen LogP contribution in [0.3, 0.4) is 0 Å². The number of hydrogen-bond donors (Lipinski definition) is 0. The van der Waals surface area contributed by atoms with E-state index in [-0.39, 0.29) is 22.9 Å². The van der Waals surface area contributed by atoms with Gasteiger partial charge in [0.2, 0.25) is 0 Å². The third kappa shape index (κ3) is 4.71. The first kappa shape index (κ1) is 22.0. The normalized spacial score (nSPS) is 13.3. The van der Waals surface area contributed by atoms with E-state index in [1.54, 1.807) is 43.5 Å². The van der Waals surface area contributed by atoms with E-state index in [2.05, 4.69) is 10.2 Å². The number of thioether (sulfide) groups is 1. The van der Waals surface area contributed by atoms with Crippen molar-refractivity contribution >= 4 is 17.5 Å². The van der Waals surface area contributed by atoms with Gasteiger partial charge in [-0.15, -0.1) is 10.2 Å². The molecule has 1 heterocycles. The molecule has 1 aromatic heterocycles. The minimum absolute atomic E-state index is 0.0153. The van der Waals surface area contributed by atoms with Crippen molar-refractivity contribution in [2.24, 2.45) is 0 Å². The van der Waals surface area contributed by atoms with Crippen LogP contribution in [-0.4, -0.2) is 51.9 Å².